The number of rotatable bonds is 4. The van der Waals surface area contributed by atoms with Gasteiger partial charge in [-0.1, -0.05) is 6.07 Å². The second kappa shape index (κ2) is 6.16. The van der Waals surface area contributed by atoms with Gasteiger partial charge in [0.15, 0.2) is 0 Å². The summed E-state index contributed by atoms with van der Waals surface area (Å²) in [6.45, 7) is 3.83. The van der Waals surface area contributed by atoms with E-state index >= 15 is 0 Å². The first-order chi connectivity index (χ1) is 10.7. The van der Waals surface area contributed by atoms with Gasteiger partial charge < -0.3 is 15.2 Å². The second-order valence-electron chi connectivity index (χ2n) is 6.27. The van der Waals surface area contributed by atoms with Crippen LogP contribution in [0.25, 0.3) is 0 Å². The van der Waals surface area contributed by atoms with E-state index in [1.807, 2.05) is 31.2 Å². The molecule has 1 amide bonds. The average Bonchev–Trinajstić information content (AvgIpc) is 2.84. The lowest BCUT2D eigenvalue weighted by Gasteiger charge is -2.35. The van der Waals surface area contributed by atoms with Crippen LogP contribution < -0.4 is 15.4 Å². The number of amides is 1. The summed E-state index contributed by atoms with van der Waals surface area (Å²) in [5, 5.41) is 0. The van der Waals surface area contributed by atoms with Crippen LogP contribution in [0.5, 0.6) is 5.75 Å². The van der Waals surface area contributed by atoms with E-state index in [0.29, 0.717) is 25.6 Å². The van der Waals surface area contributed by atoms with E-state index < -0.39 is 0 Å². The van der Waals surface area contributed by atoms with Gasteiger partial charge in [0, 0.05) is 6.07 Å². The van der Waals surface area contributed by atoms with Crippen molar-refractivity contribution in [3.63, 3.8) is 0 Å². The van der Waals surface area contributed by atoms with Crippen molar-refractivity contribution in [3.8, 4) is 5.75 Å². The lowest BCUT2D eigenvalue weighted by atomic mass is 9.78. The van der Waals surface area contributed by atoms with Gasteiger partial charge >= 0.3 is 6.09 Å². The Morgan fingerprint density at radius 1 is 1.50 bits per heavy atom. The summed E-state index contributed by atoms with van der Waals surface area (Å²) < 4.78 is 11.3. The van der Waals surface area contributed by atoms with Crippen molar-refractivity contribution in [1.82, 2.24) is 0 Å². The van der Waals surface area contributed by atoms with E-state index in [2.05, 4.69) is 0 Å². The third-order valence-electron chi connectivity index (χ3n) is 4.65. The molecule has 2 unspecified atom stereocenters. The van der Waals surface area contributed by atoms with Gasteiger partial charge in [-0.2, -0.15) is 0 Å². The predicted octanol–water partition coefficient (Wildman–Crippen LogP) is 2.93. The molecule has 1 heterocycles. The molecule has 2 aliphatic rings. The molecule has 0 aromatic heterocycles. The third kappa shape index (κ3) is 2.90. The number of carbonyl (C=O) groups is 1. The van der Waals surface area contributed by atoms with Crippen molar-refractivity contribution in [3.05, 3.63) is 24.3 Å². The van der Waals surface area contributed by atoms with Gasteiger partial charge in [-0.05, 0) is 57.2 Å². The van der Waals surface area contributed by atoms with Crippen LogP contribution in [0.4, 0.5) is 10.5 Å². The van der Waals surface area contributed by atoms with Crippen molar-refractivity contribution >= 4 is 11.8 Å². The molecule has 1 aromatic rings. The fraction of sp³-hybridized carbons (Fsp3) is 0.588. The first-order valence-corrected chi connectivity index (χ1v) is 8.09. The zero-order chi connectivity index (χ0) is 15.6. The molecule has 1 aliphatic heterocycles. The number of benzene rings is 1. The number of carbonyl (C=O) groups excluding carboxylic acids is 1. The SMILES string of the molecule is CCOc1cccc(N2CC3(CCCC(CN)C3)OC2=O)c1. The second-order valence-corrected chi connectivity index (χ2v) is 6.27. The van der Waals surface area contributed by atoms with Crippen LogP contribution in [0.1, 0.15) is 32.6 Å². The number of ether oxygens (including phenoxy) is 2. The van der Waals surface area contributed by atoms with Crippen LogP contribution in [0.15, 0.2) is 24.3 Å². The van der Waals surface area contributed by atoms with E-state index in [1.54, 1.807) is 4.90 Å². The average molecular weight is 304 g/mol. The van der Waals surface area contributed by atoms with Crippen LogP contribution in [-0.2, 0) is 4.74 Å². The molecule has 1 aliphatic carbocycles. The third-order valence-corrected chi connectivity index (χ3v) is 4.65. The van der Waals surface area contributed by atoms with Crippen LogP contribution in [-0.4, -0.2) is 31.4 Å². The molecule has 5 nitrogen and oxygen atoms in total. The number of hydrogen-bond acceptors (Lipinski definition) is 4. The summed E-state index contributed by atoms with van der Waals surface area (Å²) in [4.78, 5) is 14.1. The van der Waals surface area contributed by atoms with Crippen LogP contribution in [0.2, 0.25) is 0 Å². The molecular formula is C17H24N2O3. The molecule has 22 heavy (non-hydrogen) atoms. The Labute approximate surface area is 131 Å². The molecule has 1 spiro atoms. The summed E-state index contributed by atoms with van der Waals surface area (Å²) in [7, 11) is 0. The van der Waals surface area contributed by atoms with Crippen molar-refractivity contribution in [2.24, 2.45) is 11.7 Å². The Morgan fingerprint density at radius 3 is 3.14 bits per heavy atom. The minimum Gasteiger partial charge on any atom is -0.494 e. The summed E-state index contributed by atoms with van der Waals surface area (Å²) in [5.41, 5.74) is 6.29. The van der Waals surface area contributed by atoms with Gasteiger partial charge in [0.25, 0.3) is 0 Å². The Kier molecular flexibility index (Phi) is 4.25. The van der Waals surface area contributed by atoms with Gasteiger partial charge in [-0.25, -0.2) is 4.79 Å². The summed E-state index contributed by atoms with van der Waals surface area (Å²) in [6.07, 6.45) is 3.75. The highest BCUT2D eigenvalue weighted by molar-refractivity contribution is 5.90. The van der Waals surface area contributed by atoms with E-state index in [4.69, 9.17) is 15.2 Å². The Balaban J connectivity index is 1.78. The van der Waals surface area contributed by atoms with Gasteiger partial charge in [-0.15, -0.1) is 0 Å². The first-order valence-electron chi connectivity index (χ1n) is 8.09. The molecule has 1 saturated carbocycles. The molecule has 1 aromatic carbocycles. The zero-order valence-corrected chi connectivity index (χ0v) is 13.1. The molecule has 2 N–H and O–H groups in total. The van der Waals surface area contributed by atoms with Crippen LogP contribution >= 0.6 is 0 Å². The van der Waals surface area contributed by atoms with E-state index in [0.717, 1.165) is 37.1 Å². The maximum Gasteiger partial charge on any atom is 0.415 e. The smallest absolute Gasteiger partial charge is 0.415 e. The van der Waals surface area contributed by atoms with Crippen molar-refractivity contribution < 1.29 is 14.3 Å². The molecule has 0 bridgehead atoms. The maximum atomic E-state index is 12.3. The summed E-state index contributed by atoms with van der Waals surface area (Å²) in [5.74, 6) is 1.23. The predicted molar refractivity (Wildman–Crippen MR) is 85.2 cm³/mol. The van der Waals surface area contributed by atoms with E-state index in [1.165, 1.54) is 0 Å². The van der Waals surface area contributed by atoms with Gasteiger partial charge in [0.1, 0.15) is 11.4 Å². The van der Waals surface area contributed by atoms with E-state index in [-0.39, 0.29) is 11.7 Å². The Bertz CT molecular complexity index is 548. The lowest BCUT2D eigenvalue weighted by Crippen LogP contribution is -2.41. The standard InChI is InChI=1S/C17H24N2O3/c1-2-21-15-7-3-6-14(9-15)19-12-17(22-16(19)20)8-4-5-13(10-17)11-18/h3,6-7,9,13H,2,4-5,8,10-12,18H2,1H3. The first kappa shape index (κ1) is 15.2. The fourth-order valence-electron chi connectivity index (χ4n) is 3.61. The molecule has 2 fully saturated rings. The Morgan fingerprint density at radius 2 is 2.36 bits per heavy atom. The molecule has 120 valence electrons. The molecule has 5 heteroatoms. The van der Waals surface area contributed by atoms with Crippen molar-refractivity contribution in [2.45, 2.75) is 38.2 Å². The van der Waals surface area contributed by atoms with Crippen molar-refractivity contribution in [1.29, 1.82) is 0 Å². The van der Waals surface area contributed by atoms with E-state index in [9.17, 15) is 4.79 Å². The monoisotopic (exact) mass is 304 g/mol. The number of anilines is 1. The largest absolute Gasteiger partial charge is 0.494 e. The summed E-state index contributed by atoms with van der Waals surface area (Å²) in [6, 6.07) is 7.62. The minimum atomic E-state index is -0.360. The zero-order valence-electron chi connectivity index (χ0n) is 13.1. The van der Waals surface area contributed by atoms with Gasteiger partial charge in [-0.3, -0.25) is 4.90 Å². The van der Waals surface area contributed by atoms with Gasteiger partial charge in [0.05, 0.1) is 18.8 Å². The molecule has 0 radical (unpaired) electrons. The molecular weight excluding hydrogens is 280 g/mol. The topological polar surface area (TPSA) is 64.8 Å². The lowest BCUT2D eigenvalue weighted by molar-refractivity contribution is 0.00867. The molecule has 3 rings (SSSR count). The highest BCUT2D eigenvalue weighted by atomic mass is 16.6. The van der Waals surface area contributed by atoms with Crippen LogP contribution in [0, 0.1) is 5.92 Å². The fourth-order valence-corrected chi connectivity index (χ4v) is 3.61. The number of nitrogens with zero attached hydrogens (tertiary/aromatic N) is 1. The quantitative estimate of drug-likeness (QED) is 0.929. The highest BCUT2D eigenvalue weighted by Gasteiger charge is 2.48. The van der Waals surface area contributed by atoms with Crippen molar-refractivity contribution in [2.75, 3.05) is 24.6 Å². The molecule has 2 atom stereocenters. The Hall–Kier alpha value is -1.75. The summed E-state index contributed by atoms with van der Waals surface area (Å²) >= 11 is 0. The number of nitrogens with two attached hydrogens (primary N) is 1. The minimum absolute atomic E-state index is 0.258. The van der Waals surface area contributed by atoms with Gasteiger partial charge in [0.2, 0.25) is 0 Å². The highest BCUT2D eigenvalue weighted by Crippen LogP contribution is 2.41. The maximum absolute atomic E-state index is 12.3. The normalized spacial score (nSPS) is 28.0. The molecule has 1 saturated heterocycles. The van der Waals surface area contributed by atoms with Crippen LogP contribution in [0.3, 0.4) is 0 Å². The number of hydrogen-bond donors (Lipinski definition) is 1.